The SMILES string of the molecule is COc1cc(-c2onc(NCC3(N(C)C)CCCCC3)c2C(=O)O)ccc1F. The van der Waals surface area contributed by atoms with Crippen LogP contribution in [-0.4, -0.2) is 54.4 Å². The number of aromatic nitrogens is 1. The Labute approximate surface area is 163 Å². The Bertz CT molecular complexity index is 844. The van der Waals surface area contributed by atoms with Gasteiger partial charge in [-0.05, 0) is 45.1 Å². The molecule has 0 atom stereocenters. The van der Waals surface area contributed by atoms with Crippen molar-refractivity contribution in [1.82, 2.24) is 10.1 Å². The number of nitrogens with one attached hydrogen (secondary N) is 1. The molecule has 0 unspecified atom stereocenters. The van der Waals surface area contributed by atoms with E-state index in [4.69, 9.17) is 9.26 Å². The molecule has 2 N–H and O–H groups in total. The molecule has 3 rings (SSSR count). The number of rotatable bonds is 7. The van der Waals surface area contributed by atoms with Crippen LogP contribution in [-0.2, 0) is 0 Å². The quantitative estimate of drug-likeness (QED) is 0.741. The molecule has 28 heavy (non-hydrogen) atoms. The number of aromatic carboxylic acids is 1. The minimum Gasteiger partial charge on any atom is -0.494 e. The van der Waals surface area contributed by atoms with Crippen molar-refractivity contribution in [2.75, 3.05) is 33.1 Å². The van der Waals surface area contributed by atoms with Crippen LogP contribution in [0.5, 0.6) is 5.75 Å². The van der Waals surface area contributed by atoms with Crippen molar-refractivity contribution in [3.63, 3.8) is 0 Å². The molecule has 1 aliphatic rings. The van der Waals surface area contributed by atoms with Crippen molar-refractivity contribution in [3.8, 4) is 17.1 Å². The third-order valence-corrected chi connectivity index (χ3v) is 5.64. The third kappa shape index (κ3) is 3.82. The van der Waals surface area contributed by atoms with E-state index in [9.17, 15) is 14.3 Å². The highest BCUT2D eigenvalue weighted by molar-refractivity contribution is 5.99. The van der Waals surface area contributed by atoms with E-state index in [1.165, 1.54) is 31.7 Å². The standard InChI is InChI=1S/C20H26FN3O4/c1-24(2)20(9-5-4-6-10-20)12-22-18-16(19(25)26)17(28-23-18)13-7-8-14(21)15(11-13)27-3/h7-8,11H,4-6,9-10,12H2,1-3H3,(H,22,23)(H,25,26). The number of nitrogens with zero attached hydrogens (tertiary/aromatic N) is 2. The molecule has 0 saturated heterocycles. The number of anilines is 1. The van der Waals surface area contributed by atoms with Crippen molar-refractivity contribution in [3.05, 3.63) is 29.6 Å². The number of hydrogen-bond acceptors (Lipinski definition) is 6. The maximum atomic E-state index is 13.7. The molecule has 0 amide bonds. The van der Waals surface area contributed by atoms with Gasteiger partial charge in [0, 0.05) is 17.6 Å². The van der Waals surface area contributed by atoms with Crippen LogP contribution in [0.4, 0.5) is 10.2 Å². The summed E-state index contributed by atoms with van der Waals surface area (Å²) in [6, 6.07) is 4.05. The summed E-state index contributed by atoms with van der Waals surface area (Å²) >= 11 is 0. The lowest BCUT2D eigenvalue weighted by Crippen LogP contribution is -2.51. The van der Waals surface area contributed by atoms with E-state index >= 15 is 0 Å². The second-order valence-corrected chi connectivity index (χ2v) is 7.42. The van der Waals surface area contributed by atoms with E-state index in [1.54, 1.807) is 0 Å². The van der Waals surface area contributed by atoms with Crippen LogP contribution >= 0.6 is 0 Å². The molecular formula is C20H26FN3O4. The Kier molecular flexibility index (Phi) is 5.88. The van der Waals surface area contributed by atoms with Gasteiger partial charge in [0.25, 0.3) is 0 Å². The zero-order chi connectivity index (χ0) is 20.3. The Morgan fingerprint density at radius 1 is 1.36 bits per heavy atom. The van der Waals surface area contributed by atoms with E-state index in [-0.39, 0.29) is 28.4 Å². The maximum absolute atomic E-state index is 13.7. The van der Waals surface area contributed by atoms with Gasteiger partial charge in [0.05, 0.1) is 7.11 Å². The molecule has 0 aliphatic heterocycles. The maximum Gasteiger partial charge on any atom is 0.343 e. The Balaban J connectivity index is 1.90. The minimum atomic E-state index is -1.16. The largest absolute Gasteiger partial charge is 0.494 e. The first-order chi connectivity index (χ1) is 13.4. The van der Waals surface area contributed by atoms with Crippen LogP contribution in [0.1, 0.15) is 42.5 Å². The molecule has 1 heterocycles. The smallest absolute Gasteiger partial charge is 0.343 e. The number of benzene rings is 1. The van der Waals surface area contributed by atoms with E-state index in [0.29, 0.717) is 12.1 Å². The van der Waals surface area contributed by atoms with E-state index in [1.807, 2.05) is 14.1 Å². The molecule has 152 valence electrons. The molecular weight excluding hydrogens is 365 g/mol. The fourth-order valence-electron chi connectivity index (χ4n) is 3.85. The molecule has 1 aromatic heterocycles. The third-order valence-electron chi connectivity index (χ3n) is 5.64. The van der Waals surface area contributed by atoms with Gasteiger partial charge in [0.1, 0.15) is 0 Å². The lowest BCUT2D eigenvalue weighted by atomic mass is 9.80. The zero-order valence-electron chi connectivity index (χ0n) is 16.4. The van der Waals surface area contributed by atoms with Gasteiger partial charge in [-0.3, -0.25) is 0 Å². The normalized spacial score (nSPS) is 16.2. The monoisotopic (exact) mass is 391 g/mol. The summed E-state index contributed by atoms with van der Waals surface area (Å²) in [5.41, 5.74) is 0.265. The van der Waals surface area contributed by atoms with Crippen molar-refractivity contribution in [2.45, 2.75) is 37.6 Å². The molecule has 1 saturated carbocycles. The average molecular weight is 391 g/mol. The fourth-order valence-corrected chi connectivity index (χ4v) is 3.85. The lowest BCUT2D eigenvalue weighted by molar-refractivity contribution is 0.0697. The fraction of sp³-hybridized carbons (Fsp3) is 0.500. The topological polar surface area (TPSA) is 87.8 Å². The van der Waals surface area contributed by atoms with Gasteiger partial charge in [-0.15, -0.1) is 0 Å². The summed E-state index contributed by atoms with van der Waals surface area (Å²) in [6.07, 6.45) is 5.58. The van der Waals surface area contributed by atoms with Gasteiger partial charge in [-0.1, -0.05) is 24.4 Å². The molecule has 7 nitrogen and oxygen atoms in total. The number of halogens is 1. The van der Waals surface area contributed by atoms with Gasteiger partial charge in [0.15, 0.2) is 28.7 Å². The minimum absolute atomic E-state index is 0.00788. The molecule has 1 aromatic carbocycles. The number of methoxy groups -OCH3 is 1. The highest BCUT2D eigenvalue weighted by Gasteiger charge is 2.35. The first-order valence-electron chi connectivity index (χ1n) is 9.36. The van der Waals surface area contributed by atoms with Gasteiger partial charge >= 0.3 is 5.97 Å². The first-order valence-corrected chi connectivity index (χ1v) is 9.36. The predicted octanol–water partition coefficient (Wildman–Crippen LogP) is 3.86. The van der Waals surface area contributed by atoms with Gasteiger partial charge in [-0.2, -0.15) is 0 Å². The molecule has 1 fully saturated rings. The molecule has 0 bridgehead atoms. The number of hydrogen-bond donors (Lipinski definition) is 2. The van der Waals surface area contributed by atoms with Crippen molar-refractivity contribution in [1.29, 1.82) is 0 Å². The summed E-state index contributed by atoms with van der Waals surface area (Å²) in [4.78, 5) is 14.1. The molecule has 0 radical (unpaired) electrons. The highest BCUT2D eigenvalue weighted by Crippen LogP contribution is 2.35. The Morgan fingerprint density at radius 3 is 2.68 bits per heavy atom. The molecule has 0 spiro atoms. The summed E-state index contributed by atoms with van der Waals surface area (Å²) in [6.45, 7) is 0.568. The van der Waals surface area contributed by atoms with E-state index < -0.39 is 11.8 Å². The van der Waals surface area contributed by atoms with Crippen LogP contribution in [0.25, 0.3) is 11.3 Å². The van der Waals surface area contributed by atoms with E-state index in [2.05, 4.69) is 15.4 Å². The summed E-state index contributed by atoms with van der Waals surface area (Å²) in [5.74, 6) is -1.45. The van der Waals surface area contributed by atoms with Gasteiger partial charge in [-0.25, -0.2) is 9.18 Å². The number of carboxylic acids is 1. The Morgan fingerprint density at radius 2 is 2.07 bits per heavy atom. The first kappa shape index (κ1) is 20.1. The highest BCUT2D eigenvalue weighted by atomic mass is 19.1. The van der Waals surface area contributed by atoms with Crippen LogP contribution in [0.2, 0.25) is 0 Å². The van der Waals surface area contributed by atoms with Crippen LogP contribution < -0.4 is 10.1 Å². The van der Waals surface area contributed by atoms with Gasteiger partial charge < -0.3 is 24.6 Å². The molecule has 8 heteroatoms. The number of carbonyl (C=O) groups is 1. The van der Waals surface area contributed by atoms with Crippen molar-refractivity contribution >= 4 is 11.8 Å². The summed E-state index contributed by atoms with van der Waals surface area (Å²) < 4.78 is 24.0. The van der Waals surface area contributed by atoms with Crippen molar-refractivity contribution in [2.24, 2.45) is 0 Å². The predicted molar refractivity (Wildman–Crippen MR) is 103 cm³/mol. The molecule has 2 aromatic rings. The van der Waals surface area contributed by atoms with Crippen LogP contribution in [0.3, 0.4) is 0 Å². The summed E-state index contributed by atoms with van der Waals surface area (Å²) in [7, 11) is 5.44. The van der Waals surface area contributed by atoms with Crippen molar-refractivity contribution < 1.29 is 23.6 Å². The zero-order valence-corrected chi connectivity index (χ0v) is 16.4. The van der Waals surface area contributed by atoms with Crippen LogP contribution in [0.15, 0.2) is 22.7 Å². The second kappa shape index (κ2) is 8.18. The van der Waals surface area contributed by atoms with Crippen LogP contribution in [0, 0.1) is 5.82 Å². The number of carboxylic acid groups (broad SMARTS) is 1. The summed E-state index contributed by atoms with van der Waals surface area (Å²) in [5, 5.41) is 16.9. The van der Waals surface area contributed by atoms with Gasteiger partial charge in [0.2, 0.25) is 0 Å². The lowest BCUT2D eigenvalue weighted by Gasteiger charge is -2.43. The van der Waals surface area contributed by atoms with E-state index in [0.717, 1.165) is 25.7 Å². The Hall–Kier alpha value is -2.61. The molecule has 1 aliphatic carbocycles. The second-order valence-electron chi connectivity index (χ2n) is 7.42. The average Bonchev–Trinajstić information content (AvgIpc) is 3.11. The number of ether oxygens (including phenoxy) is 1. The number of likely N-dealkylation sites (N-methyl/N-ethyl adjacent to an activating group) is 1.